The fraction of sp³-hybridized carbons (Fsp3) is 0.500. The minimum atomic E-state index is 0.736. The van der Waals surface area contributed by atoms with Crippen molar-refractivity contribution in [3.8, 4) is 0 Å². The van der Waals surface area contributed by atoms with Gasteiger partial charge in [-0.3, -0.25) is 0 Å². The first-order valence-corrected chi connectivity index (χ1v) is 4.10. The third-order valence-corrected chi connectivity index (χ3v) is 1.93. The molecule has 3 heteroatoms. The molecule has 2 nitrogen and oxygen atoms in total. The van der Waals surface area contributed by atoms with Crippen molar-refractivity contribution < 1.29 is 0 Å². The molecule has 0 N–H and O–H groups in total. The van der Waals surface area contributed by atoms with Crippen LogP contribution >= 0.6 is 11.6 Å². The van der Waals surface area contributed by atoms with Gasteiger partial charge in [0.2, 0.25) is 0 Å². The third-order valence-electron chi connectivity index (χ3n) is 1.60. The van der Waals surface area contributed by atoms with Gasteiger partial charge in [-0.05, 0) is 18.9 Å². The second-order valence-electron chi connectivity index (χ2n) is 2.51. The van der Waals surface area contributed by atoms with E-state index in [1.54, 1.807) is 6.20 Å². The van der Waals surface area contributed by atoms with Crippen molar-refractivity contribution in [2.45, 2.75) is 26.7 Å². The summed E-state index contributed by atoms with van der Waals surface area (Å²) in [4.78, 5) is 0. The van der Waals surface area contributed by atoms with Crippen molar-refractivity contribution in [2.24, 2.45) is 0 Å². The number of hydrogen-bond acceptors (Lipinski definition) is 2. The van der Waals surface area contributed by atoms with Crippen LogP contribution in [-0.4, -0.2) is 10.2 Å². The number of halogens is 1. The van der Waals surface area contributed by atoms with E-state index < -0.39 is 0 Å². The van der Waals surface area contributed by atoms with Gasteiger partial charge in [0.15, 0.2) is 0 Å². The van der Waals surface area contributed by atoms with E-state index in [9.17, 15) is 0 Å². The van der Waals surface area contributed by atoms with Crippen LogP contribution in [0.5, 0.6) is 0 Å². The summed E-state index contributed by atoms with van der Waals surface area (Å²) in [5, 5.41) is 8.40. The Bertz CT molecular complexity index is 228. The van der Waals surface area contributed by atoms with Crippen LogP contribution in [-0.2, 0) is 6.42 Å². The van der Waals surface area contributed by atoms with Crippen LogP contribution in [0, 0.1) is 6.92 Å². The molecule has 0 atom stereocenters. The average Bonchev–Trinajstić information content (AvgIpc) is 1.97. The summed E-state index contributed by atoms with van der Waals surface area (Å²) in [6.07, 6.45) is 3.67. The van der Waals surface area contributed by atoms with Crippen molar-refractivity contribution in [2.75, 3.05) is 0 Å². The van der Waals surface area contributed by atoms with E-state index in [1.807, 2.05) is 6.92 Å². The van der Waals surface area contributed by atoms with Crippen LogP contribution in [0.2, 0.25) is 5.02 Å². The van der Waals surface area contributed by atoms with E-state index >= 15 is 0 Å². The molecular weight excluding hydrogens is 160 g/mol. The number of nitrogens with zero attached hydrogens (tertiary/aromatic N) is 2. The molecule has 0 spiro atoms. The molecule has 0 saturated heterocycles. The molecular formula is C8H11ClN2. The zero-order valence-corrected chi connectivity index (χ0v) is 7.52. The lowest BCUT2D eigenvalue weighted by atomic mass is 10.1. The molecule has 0 radical (unpaired) electrons. The monoisotopic (exact) mass is 170 g/mol. The van der Waals surface area contributed by atoms with Gasteiger partial charge in [-0.1, -0.05) is 24.9 Å². The highest BCUT2D eigenvalue weighted by Crippen LogP contribution is 2.17. The first kappa shape index (κ1) is 8.47. The van der Waals surface area contributed by atoms with Gasteiger partial charge in [0.1, 0.15) is 0 Å². The van der Waals surface area contributed by atoms with Crippen LogP contribution in [0.1, 0.15) is 24.6 Å². The van der Waals surface area contributed by atoms with Crippen LogP contribution < -0.4 is 0 Å². The Balaban J connectivity index is 3.00. The predicted molar refractivity (Wildman–Crippen MR) is 45.8 cm³/mol. The third kappa shape index (κ3) is 1.90. The Labute approximate surface area is 71.6 Å². The Hall–Kier alpha value is -0.630. The van der Waals surface area contributed by atoms with Crippen molar-refractivity contribution in [3.63, 3.8) is 0 Å². The summed E-state index contributed by atoms with van der Waals surface area (Å²) in [5.74, 6) is 0. The highest BCUT2D eigenvalue weighted by Gasteiger charge is 2.03. The zero-order valence-electron chi connectivity index (χ0n) is 6.76. The van der Waals surface area contributed by atoms with Gasteiger partial charge in [0.05, 0.1) is 16.9 Å². The Morgan fingerprint density at radius 2 is 2.27 bits per heavy atom. The number of aromatic nitrogens is 2. The fourth-order valence-corrected chi connectivity index (χ4v) is 1.30. The lowest BCUT2D eigenvalue weighted by Gasteiger charge is -2.02. The normalized spacial score (nSPS) is 10.1. The smallest absolute Gasteiger partial charge is 0.0685 e. The summed E-state index contributed by atoms with van der Waals surface area (Å²) >= 11 is 5.91. The van der Waals surface area contributed by atoms with Gasteiger partial charge in [-0.25, -0.2) is 0 Å². The highest BCUT2D eigenvalue weighted by molar-refractivity contribution is 6.31. The summed E-state index contributed by atoms with van der Waals surface area (Å²) in [5.41, 5.74) is 2.07. The molecule has 0 amide bonds. The van der Waals surface area contributed by atoms with Gasteiger partial charge in [0, 0.05) is 0 Å². The minimum absolute atomic E-state index is 0.736. The Morgan fingerprint density at radius 3 is 2.82 bits per heavy atom. The van der Waals surface area contributed by atoms with Crippen LogP contribution in [0.3, 0.4) is 0 Å². The second kappa shape index (κ2) is 3.67. The lowest BCUT2D eigenvalue weighted by molar-refractivity contribution is 0.867. The van der Waals surface area contributed by atoms with Gasteiger partial charge < -0.3 is 0 Å². The molecule has 0 aliphatic carbocycles. The quantitative estimate of drug-likeness (QED) is 0.681. The first-order valence-electron chi connectivity index (χ1n) is 3.72. The molecule has 0 fully saturated rings. The van der Waals surface area contributed by atoms with Crippen molar-refractivity contribution in [1.82, 2.24) is 10.2 Å². The molecule has 0 unspecified atom stereocenters. The molecule has 0 aliphatic rings. The molecule has 0 aromatic carbocycles. The second-order valence-corrected chi connectivity index (χ2v) is 2.91. The number of aryl methyl sites for hydroxylation is 1. The van der Waals surface area contributed by atoms with Crippen molar-refractivity contribution >= 4 is 11.6 Å². The van der Waals surface area contributed by atoms with Gasteiger partial charge in [0.25, 0.3) is 0 Å². The van der Waals surface area contributed by atoms with E-state index in [1.165, 1.54) is 0 Å². The molecule has 1 aromatic rings. The van der Waals surface area contributed by atoms with Crippen LogP contribution in [0.25, 0.3) is 0 Å². The number of hydrogen-bond donors (Lipinski definition) is 0. The van der Waals surface area contributed by atoms with Crippen LogP contribution in [0.4, 0.5) is 0 Å². The maximum Gasteiger partial charge on any atom is 0.0685 e. The Kier molecular flexibility index (Phi) is 2.83. The number of rotatable bonds is 2. The summed E-state index contributed by atoms with van der Waals surface area (Å²) < 4.78 is 0. The molecule has 11 heavy (non-hydrogen) atoms. The standard InChI is InChI=1S/C8H11ClN2/c1-3-4-7-6(2)11-10-5-8(7)9/h5H,3-4H2,1-2H3. The highest BCUT2D eigenvalue weighted by atomic mass is 35.5. The van der Waals surface area contributed by atoms with E-state index in [2.05, 4.69) is 17.1 Å². The van der Waals surface area contributed by atoms with Gasteiger partial charge >= 0.3 is 0 Å². The van der Waals surface area contributed by atoms with Gasteiger partial charge in [-0.15, -0.1) is 0 Å². The molecule has 0 bridgehead atoms. The maximum absolute atomic E-state index is 5.91. The maximum atomic E-state index is 5.91. The first-order chi connectivity index (χ1) is 5.25. The van der Waals surface area contributed by atoms with E-state index in [-0.39, 0.29) is 0 Å². The van der Waals surface area contributed by atoms with Crippen LogP contribution in [0.15, 0.2) is 6.20 Å². The van der Waals surface area contributed by atoms with E-state index in [0.29, 0.717) is 0 Å². The van der Waals surface area contributed by atoms with Crippen molar-refractivity contribution in [1.29, 1.82) is 0 Å². The fourth-order valence-electron chi connectivity index (χ4n) is 1.03. The van der Waals surface area contributed by atoms with Gasteiger partial charge in [-0.2, -0.15) is 10.2 Å². The molecule has 1 rings (SSSR count). The summed E-state index contributed by atoms with van der Waals surface area (Å²) in [6.45, 7) is 4.06. The molecule has 60 valence electrons. The SMILES string of the molecule is CCCc1c(Cl)cnnc1C. The molecule has 1 aromatic heterocycles. The molecule has 1 heterocycles. The topological polar surface area (TPSA) is 25.8 Å². The van der Waals surface area contributed by atoms with Crippen molar-refractivity contribution in [3.05, 3.63) is 22.5 Å². The Morgan fingerprint density at radius 1 is 1.55 bits per heavy atom. The average molecular weight is 171 g/mol. The zero-order chi connectivity index (χ0) is 8.27. The molecule has 0 aliphatic heterocycles. The van der Waals surface area contributed by atoms with E-state index in [4.69, 9.17) is 11.6 Å². The largest absolute Gasteiger partial charge is 0.157 e. The lowest BCUT2D eigenvalue weighted by Crippen LogP contribution is -1.95. The summed E-state index contributed by atoms with van der Waals surface area (Å²) in [6, 6.07) is 0. The minimum Gasteiger partial charge on any atom is -0.157 e. The molecule has 0 saturated carbocycles. The summed E-state index contributed by atoms with van der Waals surface area (Å²) in [7, 11) is 0. The predicted octanol–water partition coefficient (Wildman–Crippen LogP) is 2.39. The van der Waals surface area contributed by atoms with E-state index in [0.717, 1.165) is 29.1 Å².